The van der Waals surface area contributed by atoms with Crippen LogP contribution in [0.3, 0.4) is 0 Å². The molecular formula is C21H36N5O8P. The molecule has 14 heteroatoms. The minimum absolute atomic E-state index is 0.0213. The standard InChI is InChI=1S/C21H36N5O8P/c1-6-20(7-2,34-35(31,32)21(30,8-3)9-4)10-12-14(27)15(28)18(33-12)26-11-23-13-16(26)24-19(22)25(5)17(13)29/h11-12,14-15,18,27-28,30H,6-10H2,1-5H3,(H2,22,24)(H,31,32)/t12?,14-,15-,18-/m1/s1. The predicted octanol–water partition coefficient (Wildman–Crippen LogP) is 0.991. The van der Waals surface area contributed by atoms with E-state index in [0.717, 1.165) is 4.57 Å². The second-order valence-electron chi connectivity index (χ2n) is 9.10. The van der Waals surface area contributed by atoms with E-state index in [1.807, 2.05) is 0 Å². The van der Waals surface area contributed by atoms with Gasteiger partial charge in [0.05, 0.1) is 18.0 Å². The second kappa shape index (κ2) is 9.89. The van der Waals surface area contributed by atoms with Crippen LogP contribution in [0.15, 0.2) is 11.1 Å². The maximum absolute atomic E-state index is 13.1. The highest BCUT2D eigenvalue weighted by atomic mass is 31.2. The minimum atomic E-state index is -4.49. The van der Waals surface area contributed by atoms with Crippen LogP contribution in [0.25, 0.3) is 11.2 Å². The van der Waals surface area contributed by atoms with Crippen molar-refractivity contribution in [3.05, 3.63) is 16.7 Å². The molecule has 3 heterocycles. The number of aliphatic hydroxyl groups is 3. The number of imidazole rings is 1. The van der Waals surface area contributed by atoms with E-state index in [0.29, 0.717) is 0 Å². The molecule has 0 aromatic carbocycles. The number of rotatable bonds is 10. The minimum Gasteiger partial charge on any atom is -0.388 e. The van der Waals surface area contributed by atoms with Gasteiger partial charge in [0.25, 0.3) is 5.56 Å². The lowest BCUT2D eigenvalue weighted by Gasteiger charge is -2.40. The molecule has 1 fully saturated rings. The van der Waals surface area contributed by atoms with Crippen LogP contribution in [-0.4, -0.2) is 68.6 Å². The number of nitrogens with two attached hydrogens (primary N) is 1. The van der Waals surface area contributed by atoms with Gasteiger partial charge in [-0.05, 0) is 25.7 Å². The third-order valence-corrected chi connectivity index (χ3v) is 9.61. The van der Waals surface area contributed by atoms with E-state index in [1.54, 1.807) is 27.7 Å². The van der Waals surface area contributed by atoms with Crippen LogP contribution < -0.4 is 11.3 Å². The molecule has 6 N–H and O–H groups in total. The van der Waals surface area contributed by atoms with Crippen molar-refractivity contribution in [2.24, 2.45) is 7.05 Å². The summed E-state index contributed by atoms with van der Waals surface area (Å²) in [5.74, 6) is -0.0590. The van der Waals surface area contributed by atoms with Crippen molar-refractivity contribution >= 4 is 24.7 Å². The molecule has 0 aliphatic carbocycles. The normalized spacial score (nSPS) is 25.3. The lowest BCUT2D eigenvalue weighted by Crippen LogP contribution is -2.42. The third-order valence-electron chi connectivity index (χ3n) is 7.29. The third kappa shape index (κ3) is 4.66. The van der Waals surface area contributed by atoms with E-state index in [9.17, 15) is 29.6 Å². The molecule has 0 bridgehead atoms. The quantitative estimate of drug-likeness (QED) is 0.282. The summed E-state index contributed by atoms with van der Waals surface area (Å²) in [6, 6.07) is 0. The molecule has 1 saturated heterocycles. The molecule has 1 aliphatic rings. The molecular weight excluding hydrogens is 481 g/mol. The van der Waals surface area contributed by atoms with Crippen molar-refractivity contribution in [2.45, 2.75) is 95.3 Å². The van der Waals surface area contributed by atoms with E-state index in [4.69, 9.17) is 15.0 Å². The largest absolute Gasteiger partial charge is 0.388 e. The Labute approximate surface area is 203 Å². The van der Waals surface area contributed by atoms with Crippen LogP contribution >= 0.6 is 7.60 Å². The summed E-state index contributed by atoms with van der Waals surface area (Å²) in [6.07, 6.45) is -3.08. The van der Waals surface area contributed by atoms with Crippen molar-refractivity contribution in [1.29, 1.82) is 0 Å². The molecule has 13 nitrogen and oxygen atoms in total. The molecule has 35 heavy (non-hydrogen) atoms. The Bertz CT molecular complexity index is 1160. The summed E-state index contributed by atoms with van der Waals surface area (Å²) in [4.78, 5) is 31.4. The van der Waals surface area contributed by atoms with Gasteiger partial charge in [-0.1, -0.05) is 27.7 Å². The molecule has 2 aromatic rings. The first-order valence-corrected chi connectivity index (χ1v) is 13.3. The van der Waals surface area contributed by atoms with Crippen molar-refractivity contribution < 1.29 is 34.0 Å². The first-order chi connectivity index (χ1) is 16.3. The maximum Gasteiger partial charge on any atom is 0.359 e. The highest BCUT2D eigenvalue weighted by Gasteiger charge is 2.52. The van der Waals surface area contributed by atoms with Gasteiger partial charge in [0.1, 0.15) is 12.2 Å². The van der Waals surface area contributed by atoms with Crippen molar-refractivity contribution in [1.82, 2.24) is 19.1 Å². The van der Waals surface area contributed by atoms with E-state index in [2.05, 4.69) is 9.97 Å². The van der Waals surface area contributed by atoms with Crippen LogP contribution in [0.4, 0.5) is 5.95 Å². The van der Waals surface area contributed by atoms with E-state index in [1.165, 1.54) is 17.9 Å². The molecule has 1 aliphatic heterocycles. The lowest BCUT2D eigenvalue weighted by molar-refractivity contribution is -0.0761. The average Bonchev–Trinajstić information content (AvgIpc) is 3.37. The molecule has 2 aromatic heterocycles. The fourth-order valence-electron chi connectivity index (χ4n) is 4.45. The van der Waals surface area contributed by atoms with Crippen molar-refractivity contribution in [2.75, 3.05) is 5.73 Å². The van der Waals surface area contributed by atoms with Gasteiger partial charge in [-0.3, -0.25) is 23.0 Å². The number of anilines is 1. The number of ether oxygens (including phenoxy) is 1. The van der Waals surface area contributed by atoms with Gasteiger partial charge in [-0.2, -0.15) is 4.98 Å². The zero-order valence-corrected chi connectivity index (χ0v) is 21.6. The number of nitrogens with zero attached hydrogens (tertiary/aromatic N) is 4. The second-order valence-corrected chi connectivity index (χ2v) is 11.2. The summed E-state index contributed by atoms with van der Waals surface area (Å²) in [5.41, 5.74) is 4.22. The SMILES string of the molecule is CCC(CC)(CC1O[C@@H](n2cnc3c(=O)n(C)c(N)nc32)[C@H](O)[C@@H]1O)OP(=O)(O)C(O)(CC)CC. The van der Waals surface area contributed by atoms with Gasteiger partial charge in [-0.15, -0.1) is 0 Å². The average molecular weight is 518 g/mol. The van der Waals surface area contributed by atoms with E-state index in [-0.39, 0.29) is 49.2 Å². The molecule has 0 radical (unpaired) electrons. The number of aromatic nitrogens is 4. The Morgan fingerprint density at radius 2 is 1.77 bits per heavy atom. The molecule has 2 unspecified atom stereocenters. The Hall–Kier alpha value is -1.86. The Morgan fingerprint density at radius 1 is 1.17 bits per heavy atom. The number of aliphatic hydroxyl groups excluding tert-OH is 2. The zero-order chi connectivity index (χ0) is 26.3. The highest BCUT2D eigenvalue weighted by molar-refractivity contribution is 7.54. The van der Waals surface area contributed by atoms with Crippen LogP contribution in [0.1, 0.15) is 66.0 Å². The fraction of sp³-hybridized carbons (Fsp3) is 0.762. The van der Waals surface area contributed by atoms with Crippen LogP contribution in [0.2, 0.25) is 0 Å². The zero-order valence-electron chi connectivity index (χ0n) is 20.7. The summed E-state index contributed by atoms with van der Waals surface area (Å²) in [5, 5.41) is 30.4. The topological polar surface area (TPSA) is 195 Å². The summed E-state index contributed by atoms with van der Waals surface area (Å²) in [7, 11) is -3.04. The summed E-state index contributed by atoms with van der Waals surface area (Å²) >= 11 is 0. The molecule has 0 saturated carbocycles. The first kappa shape index (κ1) is 27.7. The Balaban J connectivity index is 1.92. The number of hydrogen-bond donors (Lipinski definition) is 5. The summed E-state index contributed by atoms with van der Waals surface area (Å²) < 4.78 is 27.3. The van der Waals surface area contributed by atoms with E-state index < -0.39 is 48.6 Å². The first-order valence-electron chi connectivity index (χ1n) is 11.8. The van der Waals surface area contributed by atoms with Gasteiger partial charge < -0.3 is 30.7 Å². The highest BCUT2D eigenvalue weighted by Crippen LogP contribution is 2.61. The van der Waals surface area contributed by atoms with Gasteiger partial charge >= 0.3 is 7.60 Å². The molecule has 0 spiro atoms. The maximum atomic E-state index is 13.1. The van der Waals surface area contributed by atoms with Crippen molar-refractivity contribution in [3.63, 3.8) is 0 Å². The van der Waals surface area contributed by atoms with Gasteiger partial charge in [0.2, 0.25) is 5.95 Å². The molecule has 0 amide bonds. The number of nitrogen functional groups attached to an aromatic ring is 1. The summed E-state index contributed by atoms with van der Waals surface area (Å²) in [6.45, 7) is 6.73. The Morgan fingerprint density at radius 3 is 2.31 bits per heavy atom. The smallest absolute Gasteiger partial charge is 0.359 e. The van der Waals surface area contributed by atoms with Crippen LogP contribution in [-0.2, 0) is 20.9 Å². The van der Waals surface area contributed by atoms with Gasteiger partial charge in [0, 0.05) is 13.5 Å². The van der Waals surface area contributed by atoms with E-state index >= 15 is 0 Å². The van der Waals surface area contributed by atoms with Gasteiger partial charge in [-0.25, -0.2) is 4.98 Å². The molecule has 198 valence electrons. The number of hydrogen-bond acceptors (Lipinski definition) is 10. The van der Waals surface area contributed by atoms with Crippen molar-refractivity contribution in [3.8, 4) is 0 Å². The Kier molecular flexibility index (Phi) is 7.83. The van der Waals surface area contributed by atoms with Crippen LogP contribution in [0, 0.1) is 0 Å². The van der Waals surface area contributed by atoms with Gasteiger partial charge in [0.15, 0.2) is 22.7 Å². The lowest BCUT2D eigenvalue weighted by atomic mass is 9.88. The fourth-order valence-corrected chi connectivity index (χ4v) is 6.27. The molecule has 5 atom stereocenters. The van der Waals surface area contributed by atoms with Crippen LogP contribution in [0.5, 0.6) is 0 Å². The number of fused-ring (bicyclic) bond motifs is 1. The molecule has 3 rings (SSSR count). The monoisotopic (exact) mass is 517 g/mol. The predicted molar refractivity (Wildman–Crippen MR) is 127 cm³/mol.